The Bertz CT molecular complexity index is 1010. The molecule has 0 radical (unpaired) electrons. The Morgan fingerprint density at radius 1 is 1.08 bits per heavy atom. The average molecular weight is 337 g/mol. The highest BCUT2D eigenvalue weighted by Gasteiger charge is 2.19. The van der Waals surface area contributed by atoms with Crippen molar-refractivity contribution in [3.63, 3.8) is 0 Å². The minimum absolute atomic E-state index is 0.217. The lowest BCUT2D eigenvalue weighted by Gasteiger charge is -2.14. The molecule has 25 heavy (non-hydrogen) atoms. The van der Waals surface area contributed by atoms with Crippen LogP contribution in [0, 0.1) is 12.7 Å². The first-order valence-electron chi connectivity index (χ1n) is 8.80. The Balaban J connectivity index is 0.000000880. The van der Waals surface area contributed by atoms with E-state index in [1.807, 2.05) is 32.2 Å². The summed E-state index contributed by atoms with van der Waals surface area (Å²) in [6.45, 7) is 10.5. The number of nitrogens with one attached hydrogen (secondary N) is 1. The molecule has 4 aromatic rings. The summed E-state index contributed by atoms with van der Waals surface area (Å²) in [6.07, 6.45) is 1.83. The molecule has 0 fully saturated rings. The smallest absolute Gasteiger partial charge is 0.123 e. The molecule has 0 aliphatic carbocycles. The molecule has 0 unspecified atom stereocenters. The molecule has 0 atom stereocenters. The van der Waals surface area contributed by atoms with Crippen LogP contribution in [0.4, 0.5) is 4.39 Å². The van der Waals surface area contributed by atoms with Crippen molar-refractivity contribution in [2.75, 3.05) is 0 Å². The minimum atomic E-state index is -0.217. The van der Waals surface area contributed by atoms with E-state index in [1.165, 1.54) is 28.8 Å². The molecule has 3 nitrogen and oxygen atoms in total. The number of aromatic amines is 1. The van der Waals surface area contributed by atoms with Crippen LogP contribution in [0.15, 0.2) is 42.6 Å². The van der Waals surface area contributed by atoms with Gasteiger partial charge in [0.25, 0.3) is 0 Å². The molecule has 0 bridgehead atoms. The van der Waals surface area contributed by atoms with Gasteiger partial charge in [0, 0.05) is 22.2 Å². The van der Waals surface area contributed by atoms with E-state index >= 15 is 0 Å². The van der Waals surface area contributed by atoms with Crippen LogP contribution < -0.4 is 0 Å². The van der Waals surface area contributed by atoms with Crippen LogP contribution in [0.1, 0.15) is 44.9 Å². The molecular formula is C21H24FN3. The van der Waals surface area contributed by atoms with Gasteiger partial charge < -0.3 is 4.57 Å². The zero-order valence-corrected chi connectivity index (χ0v) is 15.4. The number of aromatic nitrogens is 3. The van der Waals surface area contributed by atoms with E-state index < -0.39 is 0 Å². The summed E-state index contributed by atoms with van der Waals surface area (Å²) < 4.78 is 15.6. The summed E-state index contributed by atoms with van der Waals surface area (Å²) in [5.41, 5.74) is 5.66. The van der Waals surface area contributed by atoms with E-state index in [4.69, 9.17) is 0 Å². The average Bonchev–Trinajstić information content (AvgIpc) is 3.18. The van der Waals surface area contributed by atoms with E-state index in [-0.39, 0.29) is 5.82 Å². The van der Waals surface area contributed by atoms with Crippen molar-refractivity contribution in [2.45, 2.75) is 40.5 Å². The van der Waals surface area contributed by atoms with E-state index in [9.17, 15) is 4.39 Å². The summed E-state index contributed by atoms with van der Waals surface area (Å²) in [6, 6.07) is 11.0. The number of H-pyrrole nitrogens is 1. The maximum absolute atomic E-state index is 13.3. The van der Waals surface area contributed by atoms with Gasteiger partial charge in [-0.3, -0.25) is 5.10 Å². The van der Waals surface area contributed by atoms with Crippen LogP contribution in [-0.2, 0) is 0 Å². The van der Waals surface area contributed by atoms with Gasteiger partial charge in [-0.05, 0) is 54.8 Å². The third-order valence-corrected chi connectivity index (χ3v) is 4.46. The second kappa shape index (κ2) is 6.71. The van der Waals surface area contributed by atoms with Crippen LogP contribution in [-0.4, -0.2) is 14.8 Å². The van der Waals surface area contributed by atoms with E-state index in [2.05, 4.69) is 47.7 Å². The van der Waals surface area contributed by atoms with E-state index in [1.54, 1.807) is 0 Å². The van der Waals surface area contributed by atoms with Gasteiger partial charge in [-0.15, -0.1) is 0 Å². The highest BCUT2D eigenvalue weighted by Crippen LogP contribution is 2.35. The van der Waals surface area contributed by atoms with Gasteiger partial charge in [-0.2, -0.15) is 5.10 Å². The predicted octanol–water partition coefficient (Wildman–Crippen LogP) is 6.10. The summed E-state index contributed by atoms with van der Waals surface area (Å²) in [4.78, 5) is 0. The molecule has 0 spiro atoms. The molecule has 0 aliphatic heterocycles. The molecule has 0 saturated heterocycles. The Morgan fingerprint density at radius 3 is 2.40 bits per heavy atom. The molecule has 4 rings (SSSR count). The molecule has 0 amide bonds. The molecule has 0 aliphatic rings. The third kappa shape index (κ3) is 2.82. The van der Waals surface area contributed by atoms with Gasteiger partial charge in [0.2, 0.25) is 0 Å². The van der Waals surface area contributed by atoms with Crippen LogP contribution >= 0.6 is 0 Å². The van der Waals surface area contributed by atoms with Gasteiger partial charge in [-0.25, -0.2) is 4.39 Å². The maximum Gasteiger partial charge on any atom is 0.123 e. The molecule has 1 N–H and O–H groups in total. The fraction of sp³-hybridized carbons (Fsp3) is 0.286. The lowest BCUT2D eigenvalue weighted by molar-refractivity contribution is 0.627. The topological polar surface area (TPSA) is 33.6 Å². The van der Waals surface area contributed by atoms with Crippen molar-refractivity contribution in [1.82, 2.24) is 14.8 Å². The predicted molar refractivity (Wildman–Crippen MR) is 103 cm³/mol. The largest absolute Gasteiger partial charge is 0.313 e. The second-order valence-electron chi connectivity index (χ2n) is 6.30. The van der Waals surface area contributed by atoms with Gasteiger partial charge in [0.05, 0.1) is 17.2 Å². The minimum Gasteiger partial charge on any atom is -0.313 e. The Morgan fingerprint density at radius 2 is 1.76 bits per heavy atom. The van der Waals surface area contributed by atoms with E-state index in [0.717, 1.165) is 22.1 Å². The summed E-state index contributed by atoms with van der Waals surface area (Å²) >= 11 is 0. The first-order chi connectivity index (χ1) is 12.1. The lowest BCUT2D eigenvalue weighted by Crippen LogP contribution is -2.03. The number of aryl methyl sites for hydroxylation is 1. The standard InChI is InChI=1S/C19H18FN3.C2H6/c1-11(2)19-12(3)16-9-17-13(10-21-22-17)8-18(16)23(19)15-6-4-14(20)5-7-15;1-2/h4-11H,1-3H3,(H,21,22);1-2H3. The molecule has 2 heterocycles. The number of hydrogen-bond acceptors (Lipinski definition) is 1. The Kier molecular flexibility index (Phi) is 4.62. The number of hydrogen-bond donors (Lipinski definition) is 1. The highest BCUT2D eigenvalue weighted by atomic mass is 19.1. The van der Waals surface area contributed by atoms with Crippen molar-refractivity contribution < 1.29 is 4.39 Å². The fourth-order valence-electron chi connectivity index (χ4n) is 3.46. The van der Waals surface area contributed by atoms with Gasteiger partial charge in [0.15, 0.2) is 0 Å². The van der Waals surface area contributed by atoms with Gasteiger partial charge in [0.1, 0.15) is 5.82 Å². The Hall–Kier alpha value is -2.62. The van der Waals surface area contributed by atoms with Crippen molar-refractivity contribution in [3.8, 4) is 5.69 Å². The first kappa shape index (κ1) is 17.2. The summed E-state index contributed by atoms with van der Waals surface area (Å²) in [5.74, 6) is 0.147. The van der Waals surface area contributed by atoms with E-state index in [0.29, 0.717) is 5.92 Å². The molecule has 2 aromatic heterocycles. The molecule has 4 heteroatoms. The quantitative estimate of drug-likeness (QED) is 0.471. The fourth-order valence-corrected chi connectivity index (χ4v) is 3.46. The zero-order valence-electron chi connectivity index (χ0n) is 15.4. The van der Waals surface area contributed by atoms with Gasteiger partial charge >= 0.3 is 0 Å². The van der Waals surface area contributed by atoms with Crippen molar-refractivity contribution in [3.05, 3.63) is 59.7 Å². The molecule has 0 saturated carbocycles. The maximum atomic E-state index is 13.3. The lowest BCUT2D eigenvalue weighted by atomic mass is 10.0. The van der Waals surface area contributed by atoms with Crippen LogP contribution in [0.2, 0.25) is 0 Å². The summed E-state index contributed by atoms with van der Waals surface area (Å²) in [5, 5.41) is 9.44. The van der Waals surface area contributed by atoms with Crippen LogP contribution in [0.3, 0.4) is 0 Å². The molecule has 130 valence electrons. The van der Waals surface area contributed by atoms with Crippen LogP contribution in [0.5, 0.6) is 0 Å². The third-order valence-electron chi connectivity index (χ3n) is 4.46. The number of halogens is 1. The molecule has 2 aromatic carbocycles. The van der Waals surface area contributed by atoms with Gasteiger partial charge in [-0.1, -0.05) is 27.7 Å². The van der Waals surface area contributed by atoms with Crippen LogP contribution in [0.25, 0.3) is 27.5 Å². The van der Waals surface area contributed by atoms with Crippen molar-refractivity contribution >= 4 is 21.8 Å². The number of rotatable bonds is 2. The summed E-state index contributed by atoms with van der Waals surface area (Å²) in [7, 11) is 0. The number of benzene rings is 2. The normalized spacial score (nSPS) is 11.2. The monoisotopic (exact) mass is 337 g/mol. The Labute approximate surface area is 147 Å². The SMILES string of the molecule is CC.Cc1c(C(C)C)n(-c2ccc(F)cc2)c2cc3cn[nH]c3cc12. The van der Waals surface area contributed by atoms with Crippen molar-refractivity contribution in [1.29, 1.82) is 0 Å². The number of fused-ring (bicyclic) bond motifs is 2. The first-order valence-corrected chi connectivity index (χ1v) is 8.80. The zero-order chi connectivity index (χ0) is 18.1. The highest BCUT2D eigenvalue weighted by molar-refractivity contribution is 5.98. The van der Waals surface area contributed by atoms with Crippen molar-refractivity contribution in [2.24, 2.45) is 0 Å². The number of nitrogens with zero attached hydrogens (tertiary/aromatic N) is 2. The molecular weight excluding hydrogens is 313 g/mol. The second-order valence-corrected chi connectivity index (χ2v) is 6.30.